The summed E-state index contributed by atoms with van der Waals surface area (Å²) in [6.45, 7) is 10.1. The highest BCUT2D eigenvalue weighted by molar-refractivity contribution is 5.75. The van der Waals surface area contributed by atoms with E-state index < -0.39 is 0 Å². The lowest BCUT2D eigenvalue weighted by molar-refractivity contribution is 0.306. The second kappa shape index (κ2) is 5.96. The van der Waals surface area contributed by atoms with E-state index in [1.165, 1.54) is 11.3 Å². The molecule has 3 nitrogen and oxygen atoms in total. The Morgan fingerprint density at radius 3 is 2.55 bits per heavy atom. The lowest BCUT2D eigenvalue weighted by atomic mass is 9.87. The van der Waals surface area contributed by atoms with Crippen LogP contribution in [0.15, 0.2) is 24.3 Å². The fraction of sp³-hybridized carbons (Fsp3) is 0.588. The lowest BCUT2D eigenvalue weighted by Crippen LogP contribution is -2.35. The molecule has 1 unspecified atom stereocenters. The Morgan fingerprint density at radius 2 is 1.95 bits per heavy atom. The van der Waals surface area contributed by atoms with E-state index in [0.29, 0.717) is 11.5 Å². The molecule has 20 heavy (non-hydrogen) atoms. The third kappa shape index (κ3) is 3.60. The van der Waals surface area contributed by atoms with E-state index in [2.05, 4.69) is 68.9 Å². The van der Waals surface area contributed by atoms with Crippen LogP contribution in [-0.2, 0) is 13.5 Å². The third-order valence-corrected chi connectivity index (χ3v) is 3.66. The molecule has 0 fully saturated rings. The van der Waals surface area contributed by atoms with Gasteiger partial charge in [0.15, 0.2) is 0 Å². The Balaban J connectivity index is 2.22. The van der Waals surface area contributed by atoms with Gasteiger partial charge in [0.05, 0.1) is 11.0 Å². The molecule has 0 saturated heterocycles. The predicted octanol–water partition coefficient (Wildman–Crippen LogP) is 3.53. The molecule has 1 aromatic carbocycles. The number of aryl methyl sites for hydroxylation is 1. The molecule has 0 aliphatic heterocycles. The minimum Gasteiger partial charge on any atom is -0.331 e. The summed E-state index contributed by atoms with van der Waals surface area (Å²) in [7, 11) is 2.12. The smallest absolute Gasteiger partial charge is 0.111 e. The number of nitrogens with zero attached hydrogens (tertiary/aromatic N) is 2. The van der Waals surface area contributed by atoms with E-state index in [1.807, 2.05) is 0 Å². The fourth-order valence-electron chi connectivity index (χ4n) is 2.84. The molecule has 2 aromatic rings. The molecule has 2 rings (SSSR count). The lowest BCUT2D eigenvalue weighted by Gasteiger charge is -2.26. The number of hydrogen-bond donors (Lipinski definition) is 1. The highest BCUT2D eigenvalue weighted by atomic mass is 15.1. The summed E-state index contributed by atoms with van der Waals surface area (Å²) in [5.74, 6) is 1.17. The van der Waals surface area contributed by atoms with Gasteiger partial charge in [0.25, 0.3) is 0 Å². The van der Waals surface area contributed by atoms with Crippen molar-refractivity contribution in [3.63, 3.8) is 0 Å². The topological polar surface area (TPSA) is 29.9 Å². The number of imidazole rings is 1. The van der Waals surface area contributed by atoms with E-state index in [1.54, 1.807) is 0 Å². The van der Waals surface area contributed by atoms with Crippen LogP contribution in [0.4, 0.5) is 0 Å². The third-order valence-electron chi connectivity index (χ3n) is 3.66. The maximum absolute atomic E-state index is 4.79. The summed E-state index contributed by atoms with van der Waals surface area (Å²) in [6.07, 6.45) is 2.14. The summed E-state index contributed by atoms with van der Waals surface area (Å²) in [4.78, 5) is 4.79. The number of benzene rings is 1. The fourth-order valence-corrected chi connectivity index (χ4v) is 2.84. The van der Waals surface area contributed by atoms with Gasteiger partial charge in [-0.1, -0.05) is 39.8 Å². The van der Waals surface area contributed by atoms with Gasteiger partial charge < -0.3 is 9.88 Å². The average molecular weight is 273 g/mol. The van der Waals surface area contributed by atoms with Crippen molar-refractivity contribution < 1.29 is 0 Å². The van der Waals surface area contributed by atoms with Crippen LogP contribution < -0.4 is 5.32 Å². The summed E-state index contributed by atoms with van der Waals surface area (Å²) < 4.78 is 2.22. The van der Waals surface area contributed by atoms with Gasteiger partial charge in [0.1, 0.15) is 5.82 Å². The summed E-state index contributed by atoms with van der Waals surface area (Å²) in [6, 6.07) is 8.83. The highest BCUT2D eigenvalue weighted by Gasteiger charge is 2.20. The molecule has 0 amide bonds. The molecule has 0 radical (unpaired) electrons. The number of rotatable bonds is 5. The first-order valence-corrected chi connectivity index (χ1v) is 7.54. The van der Waals surface area contributed by atoms with Crippen molar-refractivity contribution in [2.24, 2.45) is 12.5 Å². The molecule has 0 bridgehead atoms. The summed E-state index contributed by atoms with van der Waals surface area (Å²) in [5, 5.41) is 3.61. The number of para-hydroxylation sites is 2. The maximum Gasteiger partial charge on any atom is 0.111 e. The van der Waals surface area contributed by atoms with E-state index in [4.69, 9.17) is 4.98 Å². The Hall–Kier alpha value is -1.35. The maximum atomic E-state index is 4.79. The van der Waals surface area contributed by atoms with Crippen molar-refractivity contribution in [2.75, 3.05) is 6.54 Å². The van der Waals surface area contributed by atoms with Crippen molar-refractivity contribution in [3.05, 3.63) is 30.1 Å². The second-order valence-corrected chi connectivity index (χ2v) is 6.80. The normalized spacial score (nSPS) is 13.8. The van der Waals surface area contributed by atoms with Crippen molar-refractivity contribution >= 4 is 11.0 Å². The van der Waals surface area contributed by atoms with Gasteiger partial charge in [-0.05, 0) is 30.5 Å². The summed E-state index contributed by atoms with van der Waals surface area (Å²) in [5.41, 5.74) is 2.64. The Labute approximate surface area is 122 Å². The van der Waals surface area contributed by atoms with Gasteiger partial charge in [-0.2, -0.15) is 0 Å². The summed E-state index contributed by atoms with van der Waals surface area (Å²) >= 11 is 0. The van der Waals surface area contributed by atoms with Crippen LogP contribution in [0.3, 0.4) is 0 Å². The van der Waals surface area contributed by atoms with Crippen LogP contribution in [0.5, 0.6) is 0 Å². The molecule has 1 atom stereocenters. The molecule has 0 aliphatic rings. The van der Waals surface area contributed by atoms with Crippen LogP contribution in [-0.4, -0.2) is 22.1 Å². The second-order valence-electron chi connectivity index (χ2n) is 6.80. The molecule has 3 heteroatoms. The van der Waals surface area contributed by atoms with Gasteiger partial charge in [-0.15, -0.1) is 0 Å². The van der Waals surface area contributed by atoms with Crippen LogP contribution in [0, 0.1) is 5.41 Å². The zero-order valence-electron chi connectivity index (χ0n) is 13.4. The van der Waals surface area contributed by atoms with Crippen molar-refractivity contribution in [1.82, 2.24) is 14.9 Å². The monoisotopic (exact) mass is 273 g/mol. The average Bonchev–Trinajstić information content (AvgIpc) is 2.65. The number of fused-ring (bicyclic) bond motifs is 1. The molecule has 0 spiro atoms. The van der Waals surface area contributed by atoms with E-state index in [9.17, 15) is 0 Å². The quantitative estimate of drug-likeness (QED) is 0.903. The molecule has 110 valence electrons. The van der Waals surface area contributed by atoms with Crippen molar-refractivity contribution in [1.29, 1.82) is 0 Å². The van der Waals surface area contributed by atoms with Gasteiger partial charge in [0, 0.05) is 19.5 Å². The Bertz CT molecular complexity index is 563. The number of nitrogens with one attached hydrogen (secondary N) is 1. The molecule has 0 saturated carbocycles. The minimum absolute atomic E-state index is 0.331. The highest BCUT2D eigenvalue weighted by Crippen LogP contribution is 2.23. The number of likely N-dealkylation sites (N-methyl/N-ethyl adjacent to an activating group) is 1. The molecule has 0 aliphatic carbocycles. The zero-order valence-corrected chi connectivity index (χ0v) is 13.4. The largest absolute Gasteiger partial charge is 0.331 e. The first kappa shape index (κ1) is 15.0. The van der Waals surface area contributed by atoms with E-state index in [-0.39, 0.29) is 0 Å². The van der Waals surface area contributed by atoms with Crippen molar-refractivity contribution in [2.45, 2.75) is 46.6 Å². The minimum atomic E-state index is 0.331. The van der Waals surface area contributed by atoms with Gasteiger partial charge in [-0.3, -0.25) is 0 Å². The number of aromatic nitrogens is 2. The van der Waals surface area contributed by atoms with E-state index in [0.717, 1.165) is 24.9 Å². The van der Waals surface area contributed by atoms with E-state index >= 15 is 0 Å². The van der Waals surface area contributed by atoms with Gasteiger partial charge in [0.2, 0.25) is 0 Å². The number of hydrogen-bond acceptors (Lipinski definition) is 2. The molecule has 1 N–H and O–H groups in total. The molecular formula is C17H27N3. The molecule has 1 aromatic heterocycles. The van der Waals surface area contributed by atoms with Gasteiger partial charge in [-0.25, -0.2) is 4.98 Å². The van der Waals surface area contributed by atoms with Crippen LogP contribution >= 0.6 is 0 Å². The molecule has 1 heterocycles. The Morgan fingerprint density at radius 1 is 1.25 bits per heavy atom. The van der Waals surface area contributed by atoms with Crippen LogP contribution in [0.1, 0.15) is 39.9 Å². The first-order chi connectivity index (χ1) is 9.40. The SMILES string of the molecule is CCNC(Cc1nc2ccccc2n1C)CC(C)(C)C. The van der Waals surface area contributed by atoms with Crippen LogP contribution in [0.2, 0.25) is 0 Å². The predicted molar refractivity (Wildman–Crippen MR) is 86.0 cm³/mol. The van der Waals surface area contributed by atoms with Crippen LogP contribution in [0.25, 0.3) is 11.0 Å². The van der Waals surface area contributed by atoms with Crippen molar-refractivity contribution in [3.8, 4) is 0 Å². The standard InChI is InChI=1S/C17H27N3/c1-6-18-13(12-17(2,3)4)11-16-19-14-9-7-8-10-15(14)20(16)5/h7-10,13,18H,6,11-12H2,1-5H3. The zero-order chi connectivity index (χ0) is 14.8. The first-order valence-electron chi connectivity index (χ1n) is 7.54. The van der Waals surface area contributed by atoms with Gasteiger partial charge >= 0.3 is 0 Å². The molecular weight excluding hydrogens is 246 g/mol. The Kier molecular flexibility index (Phi) is 4.48.